The third-order valence-electron chi connectivity index (χ3n) is 4.86. The van der Waals surface area contributed by atoms with Crippen LogP contribution in [0.15, 0.2) is 77.4 Å². The average molecular weight is 446 g/mol. The molecule has 1 amide bonds. The van der Waals surface area contributed by atoms with E-state index in [1.54, 1.807) is 6.20 Å². The van der Waals surface area contributed by atoms with Gasteiger partial charge in [-0.15, -0.1) is 0 Å². The molecule has 0 aliphatic heterocycles. The summed E-state index contributed by atoms with van der Waals surface area (Å²) in [6, 6.07) is 21.6. The number of rotatable bonds is 5. The first-order chi connectivity index (χ1) is 14.1. The monoisotopic (exact) mass is 445 g/mol. The van der Waals surface area contributed by atoms with E-state index < -0.39 is 0 Å². The first-order valence-corrected chi connectivity index (χ1v) is 10.3. The van der Waals surface area contributed by atoms with Crippen molar-refractivity contribution in [3.05, 3.63) is 94.2 Å². The standard InChI is InChI=1S/C24H20BrN3O/c1-16-22(24(29)27-14-12-19-9-5-6-13-26-19)20-15-18(25)10-11-21(20)28-23(16)17-7-3-2-4-8-17/h2-11,13,15H,12,14H2,1H3,(H,27,29). The average Bonchev–Trinajstić information content (AvgIpc) is 2.74. The molecule has 0 atom stereocenters. The summed E-state index contributed by atoms with van der Waals surface area (Å²) in [6.07, 6.45) is 2.45. The molecule has 0 bridgehead atoms. The van der Waals surface area contributed by atoms with Crippen molar-refractivity contribution in [1.29, 1.82) is 0 Å². The number of amides is 1. The molecule has 0 spiro atoms. The molecular weight excluding hydrogens is 426 g/mol. The number of aromatic nitrogens is 2. The number of carbonyl (C=O) groups excluding carboxylic acids is 1. The van der Waals surface area contributed by atoms with Crippen molar-refractivity contribution in [2.24, 2.45) is 0 Å². The van der Waals surface area contributed by atoms with Gasteiger partial charge in [0.15, 0.2) is 0 Å². The van der Waals surface area contributed by atoms with Crippen LogP contribution >= 0.6 is 15.9 Å². The predicted molar refractivity (Wildman–Crippen MR) is 120 cm³/mol. The van der Waals surface area contributed by atoms with E-state index in [1.165, 1.54) is 0 Å². The van der Waals surface area contributed by atoms with Crippen molar-refractivity contribution >= 4 is 32.7 Å². The maximum atomic E-state index is 13.2. The van der Waals surface area contributed by atoms with E-state index in [0.29, 0.717) is 18.5 Å². The Hall–Kier alpha value is -3.05. The fourth-order valence-corrected chi connectivity index (χ4v) is 3.80. The van der Waals surface area contributed by atoms with Gasteiger partial charge in [-0.2, -0.15) is 0 Å². The molecule has 2 aromatic heterocycles. The molecule has 0 fully saturated rings. The number of carbonyl (C=O) groups is 1. The second kappa shape index (κ2) is 8.53. The van der Waals surface area contributed by atoms with Crippen molar-refractivity contribution in [1.82, 2.24) is 15.3 Å². The van der Waals surface area contributed by atoms with Crippen LogP contribution in [-0.4, -0.2) is 22.4 Å². The van der Waals surface area contributed by atoms with E-state index >= 15 is 0 Å². The lowest BCUT2D eigenvalue weighted by atomic mass is 9.97. The second-order valence-corrected chi connectivity index (χ2v) is 7.73. The van der Waals surface area contributed by atoms with Gasteiger partial charge in [-0.1, -0.05) is 52.3 Å². The molecule has 0 aliphatic rings. The van der Waals surface area contributed by atoms with Gasteiger partial charge in [0, 0.05) is 40.3 Å². The number of nitrogens with one attached hydrogen (secondary N) is 1. The van der Waals surface area contributed by atoms with Gasteiger partial charge in [0.1, 0.15) is 0 Å². The molecule has 4 rings (SSSR count). The molecular formula is C24H20BrN3O. The van der Waals surface area contributed by atoms with Crippen molar-refractivity contribution in [3.63, 3.8) is 0 Å². The van der Waals surface area contributed by atoms with Crippen molar-refractivity contribution < 1.29 is 4.79 Å². The maximum absolute atomic E-state index is 13.2. The van der Waals surface area contributed by atoms with Crippen LogP contribution in [0.4, 0.5) is 0 Å². The summed E-state index contributed by atoms with van der Waals surface area (Å²) in [5, 5.41) is 3.90. The highest BCUT2D eigenvalue weighted by molar-refractivity contribution is 9.10. The van der Waals surface area contributed by atoms with E-state index in [0.717, 1.165) is 37.9 Å². The van der Waals surface area contributed by atoms with Gasteiger partial charge in [-0.05, 0) is 42.8 Å². The van der Waals surface area contributed by atoms with E-state index in [9.17, 15) is 4.79 Å². The van der Waals surface area contributed by atoms with Crippen LogP contribution in [0.5, 0.6) is 0 Å². The van der Waals surface area contributed by atoms with Gasteiger partial charge in [0.05, 0.1) is 16.8 Å². The van der Waals surface area contributed by atoms with E-state index in [-0.39, 0.29) is 5.91 Å². The van der Waals surface area contributed by atoms with Crippen LogP contribution in [0.1, 0.15) is 21.6 Å². The summed E-state index contributed by atoms with van der Waals surface area (Å²) in [7, 11) is 0. The number of pyridine rings is 2. The predicted octanol–water partition coefficient (Wildman–Crippen LogP) is 5.34. The zero-order valence-electron chi connectivity index (χ0n) is 16.0. The third kappa shape index (κ3) is 4.20. The quantitative estimate of drug-likeness (QED) is 0.450. The highest BCUT2D eigenvalue weighted by Gasteiger charge is 2.19. The van der Waals surface area contributed by atoms with Gasteiger partial charge in [-0.25, -0.2) is 4.98 Å². The number of fused-ring (bicyclic) bond motifs is 1. The minimum Gasteiger partial charge on any atom is -0.352 e. The number of hydrogen-bond donors (Lipinski definition) is 1. The summed E-state index contributed by atoms with van der Waals surface area (Å²) >= 11 is 3.52. The lowest BCUT2D eigenvalue weighted by molar-refractivity contribution is 0.0955. The minimum absolute atomic E-state index is 0.0962. The Bertz CT molecular complexity index is 1160. The molecule has 0 radical (unpaired) electrons. The summed E-state index contributed by atoms with van der Waals surface area (Å²) in [5.41, 5.74) is 5.12. The maximum Gasteiger partial charge on any atom is 0.252 e. The normalized spacial score (nSPS) is 10.8. The van der Waals surface area contributed by atoms with Crippen LogP contribution in [0.3, 0.4) is 0 Å². The van der Waals surface area contributed by atoms with Gasteiger partial charge in [-0.3, -0.25) is 9.78 Å². The number of halogens is 1. The molecule has 1 N–H and O–H groups in total. The summed E-state index contributed by atoms with van der Waals surface area (Å²) in [4.78, 5) is 22.3. The zero-order chi connectivity index (χ0) is 20.2. The molecule has 2 aromatic carbocycles. The molecule has 0 saturated heterocycles. The van der Waals surface area contributed by atoms with Crippen molar-refractivity contribution in [2.75, 3.05) is 6.54 Å². The van der Waals surface area contributed by atoms with Crippen LogP contribution in [0, 0.1) is 6.92 Å². The van der Waals surface area contributed by atoms with E-state index in [4.69, 9.17) is 4.98 Å². The molecule has 0 saturated carbocycles. The smallest absolute Gasteiger partial charge is 0.252 e. The molecule has 144 valence electrons. The third-order valence-corrected chi connectivity index (χ3v) is 5.35. The fraction of sp³-hybridized carbons (Fsp3) is 0.125. The summed E-state index contributed by atoms with van der Waals surface area (Å²) < 4.78 is 0.918. The SMILES string of the molecule is Cc1c(-c2ccccc2)nc2ccc(Br)cc2c1C(=O)NCCc1ccccn1. The second-order valence-electron chi connectivity index (χ2n) is 6.81. The molecule has 0 unspecified atom stereocenters. The Morgan fingerprint density at radius 2 is 1.83 bits per heavy atom. The molecule has 2 heterocycles. The zero-order valence-corrected chi connectivity index (χ0v) is 17.6. The Morgan fingerprint density at radius 3 is 2.59 bits per heavy atom. The number of hydrogen-bond acceptors (Lipinski definition) is 3. The van der Waals surface area contributed by atoms with Gasteiger partial charge >= 0.3 is 0 Å². The molecule has 29 heavy (non-hydrogen) atoms. The van der Waals surface area contributed by atoms with E-state index in [2.05, 4.69) is 26.2 Å². The van der Waals surface area contributed by atoms with Gasteiger partial charge < -0.3 is 5.32 Å². The highest BCUT2D eigenvalue weighted by atomic mass is 79.9. The number of nitrogens with zero attached hydrogens (tertiary/aromatic N) is 2. The lowest BCUT2D eigenvalue weighted by Gasteiger charge is -2.15. The highest BCUT2D eigenvalue weighted by Crippen LogP contribution is 2.31. The molecule has 4 aromatic rings. The fourth-order valence-electron chi connectivity index (χ4n) is 3.44. The molecule has 0 aliphatic carbocycles. The van der Waals surface area contributed by atoms with Crippen LogP contribution in [0.2, 0.25) is 0 Å². The first-order valence-electron chi connectivity index (χ1n) is 9.47. The topological polar surface area (TPSA) is 54.9 Å². The van der Waals surface area contributed by atoms with Gasteiger partial charge in [0.2, 0.25) is 0 Å². The van der Waals surface area contributed by atoms with Crippen LogP contribution in [-0.2, 0) is 6.42 Å². The Kier molecular flexibility index (Phi) is 5.67. The minimum atomic E-state index is -0.0962. The number of benzene rings is 2. The van der Waals surface area contributed by atoms with E-state index in [1.807, 2.05) is 73.7 Å². The summed E-state index contributed by atoms with van der Waals surface area (Å²) in [6.45, 7) is 2.48. The Morgan fingerprint density at radius 1 is 1.03 bits per heavy atom. The Labute approximate surface area is 178 Å². The first kappa shape index (κ1) is 19.3. The lowest BCUT2D eigenvalue weighted by Crippen LogP contribution is -2.27. The summed E-state index contributed by atoms with van der Waals surface area (Å²) in [5.74, 6) is -0.0962. The van der Waals surface area contributed by atoms with Crippen molar-refractivity contribution in [3.8, 4) is 11.3 Å². The Balaban J connectivity index is 1.72. The van der Waals surface area contributed by atoms with Crippen LogP contribution < -0.4 is 5.32 Å². The van der Waals surface area contributed by atoms with Crippen molar-refractivity contribution in [2.45, 2.75) is 13.3 Å². The molecule has 5 heteroatoms. The largest absolute Gasteiger partial charge is 0.352 e. The van der Waals surface area contributed by atoms with Gasteiger partial charge in [0.25, 0.3) is 5.91 Å². The molecule has 4 nitrogen and oxygen atoms in total. The van der Waals surface area contributed by atoms with Crippen LogP contribution in [0.25, 0.3) is 22.2 Å².